The number of thiophene rings is 1. The minimum Gasteiger partial charge on any atom is -0.299 e. The van der Waals surface area contributed by atoms with Crippen molar-refractivity contribution in [3.63, 3.8) is 0 Å². The van der Waals surface area contributed by atoms with Crippen molar-refractivity contribution in [2.45, 2.75) is 13.0 Å². The predicted molar refractivity (Wildman–Crippen MR) is 53.0 cm³/mol. The maximum atomic E-state index is 5.40. The third kappa shape index (κ3) is 1.88. The van der Waals surface area contributed by atoms with Crippen molar-refractivity contribution < 1.29 is 4.84 Å². The van der Waals surface area contributed by atoms with Crippen molar-refractivity contribution in [2.24, 2.45) is 0 Å². The predicted octanol–water partition coefficient (Wildman–Crippen LogP) is 2.65. The van der Waals surface area contributed by atoms with Gasteiger partial charge in [-0.25, -0.2) is 0 Å². The van der Waals surface area contributed by atoms with Crippen LogP contribution in [-0.4, -0.2) is 18.2 Å². The van der Waals surface area contributed by atoms with Crippen LogP contribution in [-0.2, 0) is 11.4 Å². The second kappa shape index (κ2) is 3.87. The first kappa shape index (κ1) is 8.69. The SMILES string of the molecule is Brc1ccsc1CN1CCCO1. The van der Waals surface area contributed by atoms with Gasteiger partial charge in [0.2, 0.25) is 0 Å². The molecule has 1 aromatic rings. The summed E-state index contributed by atoms with van der Waals surface area (Å²) >= 11 is 5.27. The Balaban J connectivity index is 1.98. The summed E-state index contributed by atoms with van der Waals surface area (Å²) in [5, 5.41) is 4.12. The van der Waals surface area contributed by atoms with E-state index >= 15 is 0 Å². The molecule has 1 aliphatic rings. The van der Waals surface area contributed by atoms with E-state index in [0.29, 0.717) is 0 Å². The summed E-state index contributed by atoms with van der Waals surface area (Å²) in [5.41, 5.74) is 0. The summed E-state index contributed by atoms with van der Waals surface area (Å²) < 4.78 is 1.20. The molecule has 4 heteroatoms. The van der Waals surface area contributed by atoms with Crippen LogP contribution in [0.15, 0.2) is 15.9 Å². The standard InChI is InChI=1S/C8H10BrNOS/c9-7-2-5-12-8(7)6-10-3-1-4-11-10/h2,5H,1,3-4,6H2. The van der Waals surface area contributed by atoms with Crippen LogP contribution in [0.3, 0.4) is 0 Å². The normalized spacial score (nSPS) is 18.8. The molecule has 0 N–H and O–H groups in total. The third-order valence-electron chi connectivity index (χ3n) is 1.84. The fourth-order valence-electron chi connectivity index (χ4n) is 1.22. The van der Waals surface area contributed by atoms with E-state index in [-0.39, 0.29) is 0 Å². The zero-order chi connectivity index (χ0) is 8.39. The van der Waals surface area contributed by atoms with Crippen LogP contribution in [0, 0.1) is 0 Å². The van der Waals surface area contributed by atoms with E-state index < -0.39 is 0 Å². The van der Waals surface area contributed by atoms with E-state index in [2.05, 4.69) is 27.4 Å². The molecule has 0 aliphatic carbocycles. The van der Waals surface area contributed by atoms with Gasteiger partial charge in [0.05, 0.1) is 13.2 Å². The molecule has 0 aromatic carbocycles. The van der Waals surface area contributed by atoms with E-state index in [1.807, 2.05) is 5.06 Å². The van der Waals surface area contributed by atoms with Crippen LogP contribution >= 0.6 is 27.3 Å². The Morgan fingerprint density at radius 1 is 1.67 bits per heavy atom. The molecule has 1 saturated heterocycles. The molecular weight excluding hydrogens is 238 g/mol. The lowest BCUT2D eigenvalue weighted by atomic mass is 10.4. The minimum absolute atomic E-state index is 0.878. The molecule has 2 heterocycles. The zero-order valence-electron chi connectivity index (χ0n) is 6.62. The molecule has 0 unspecified atom stereocenters. The molecule has 0 bridgehead atoms. The molecule has 2 nitrogen and oxygen atoms in total. The molecule has 66 valence electrons. The van der Waals surface area contributed by atoms with Gasteiger partial charge >= 0.3 is 0 Å². The Hall–Kier alpha value is 0.1000. The second-order valence-electron chi connectivity index (χ2n) is 2.74. The second-order valence-corrected chi connectivity index (χ2v) is 4.60. The highest BCUT2D eigenvalue weighted by Crippen LogP contribution is 2.25. The molecule has 2 rings (SSSR count). The molecule has 1 aromatic heterocycles. The van der Waals surface area contributed by atoms with Crippen molar-refractivity contribution in [2.75, 3.05) is 13.2 Å². The summed E-state index contributed by atoms with van der Waals surface area (Å²) in [6, 6.07) is 2.08. The van der Waals surface area contributed by atoms with Crippen LogP contribution < -0.4 is 0 Å². The lowest BCUT2D eigenvalue weighted by Crippen LogP contribution is -2.16. The summed E-state index contributed by atoms with van der Waals surface area (Å²) in [6.45, 7) is 2.85. The summed E-state index contributed by atoms with van der Waals surface area (Å²) in [5.74, 6) is 0. The summed E-state index contributed by atoms with van der Waals surface area (Å²) in [7, 11) is 0. The molecule has 12 heavy (non-hydrogen) atoms. The lowest BCUT2D eigenvalue weighted by molar-refractivity contribution is -0.116. The maximum absolute atomic E-state index is 5.40. The van der Waals surface area contributed by atoms with Crippen molar-refractivity contribution in [3.05, 3.63) is 20.8 Å². The van der Waals surface area contributed by atoms with Crippen LogP contribution in [0.25, 0.3) is 0 Å². The fraction of sp³-hybridized carbons (Fsp3) is 0.500. The van der Waals surface area contributed by atoms with Crippen LogP contribution in [0.2, 0.25) is 0 Å². The van der Waals surface area contributed by atoms with Gasteiger partial charge in [-0.05, 0) is 33.8 Å². The maximum Gasteiger partial charge on any atom is 0.0698 e. The van der Waals surface area contributed by atoms with E-state index in [0.717, 1.165) is 26.1 Å². The molecule has 1 fully saturated rings. The van der Waals surface area contributed by atoms with Gasteiger partial charge in [0, 0.05) is 15.9 Å². The van der Waals surface area contributed by atoms with Gasteiger partial charge in [0.15, 0.2) is 0 Å². The molecule has 0 saturated carbocycles. The number of halogens is 1. The topological polar surface area (TPSA) is 12.5 Å². The number of nitrogens with zero attached hydrogens (tertiary/aromatic N) is 1. The van der Waals surface area contributed by atoms with E-state index in [1.165, 1.54) is 9.35 Å². The Morgan fingerprint density at radius 2 is 2.58 bits per heavy atom. The number of hydrogen-bond acceptors (Lipinski definition) is 3. The van der Waals surface area contributed by atoms with Gasteiger partial charge < -0.3 is 0 Å². The number of hydrogen-bond donors (Lipinski definition) is 0. The van der Waals surface area contributed by atoms with Crippen molar-refractivity contribution in [1.29, 1.82) is 0 Å². The Bertz CT molecular complexity index is 257. The van der Waals surface area contributed by atoms with Crippen molar-refractivity contribution in [3.8, 4) is 0 Å². The number of rotatable bonds is 2. The molecule has 0 amide bonds. The first-order chi connectivity index (χ1) is 5.86. The molecule has 1 aliphatic heterocycles. The first-order valence-corrected chi connectivity index (χ1v) is 5.63. The summed E-state index contributed by atoms with van der Waals surface area (Å²) in [4.78, 5) is 6.74. The van der Waals surface area contributed by atoms with E-state index in [9.17, 15) is 0 Å². The smallest absolute Gasteiger partial charge is 0.0698 e. The molecular formula is C8H10BrNOS. The fourth-order valence-corrected chi connectivity index (χ4v) is 2.70. The van der Waals surface area contributed by atoms with E-state index in [1.54, 1.807) is 11.3 Å². The van der Waals surface area contributed by atoms with Crippen LogP contribution in [0.4, 0.5) is 0 Å². The Morgan fingerprint density at radius 3 is 3.17 bits per heavy atom. The summed E-state index contributed by atoms with van der Waals surface area (Å²) in [6.07, 6.45) is 1.16. The quantitative estimate of drug-likeness (QED) is 0.797. The minimum atomic E-state index is 0.878. The van der Waals surface area contributed by atoms with Crippen molar-refractivity contribution in [1.82, 2.24) is 5.06 Å². The monoisotopic (exact) mass is 247 g/mol. The lowest BCUT2D eigenvalue weighted by Gasteiger charge is -2.11. The van der Waals surface area contributed by atoms with Gasteiger partial charge in [-0.15, -0.1) is 11.3 Å². The first-order valence-electron chi connectivity index (χ1n) is 3.96. The van der Waals surface area contributed by atoms with Gasteiger partial charge in [-0.2, -0.15) is 5.06 Å². The van der Waals surface area contributed by atoms with Gasteiger partial charge in [0.25, 0.3) is 0 Å². The van der Waals surface area contributed by atoms with Gasteiger partial charge in [0.1, 0.15) is 0 Å². The molecule has 0 spiro atoms. The average molecular weight is 248 g/mol. The van der Waals surface area contributed by atoms with Crippen LogP contribution in [0.1, 0.15) is 11.3 Å². The van der Waals surface area contributed by atoms with Crippen LogP contribution in [0.5, 0.6) is 0 Å². The van der Waals surface area contributed by atoms with Crippen molar-refractivity contribution >= 4 is 27.3 Å². The van der Waals surface area contributed by atoms with Gasteiger partial charge in [-0.1, -0.05) is 0 Å². The zero-order valence-corrected chi connectivity index (χ0v) is 9.03. The third-order valence-corrected chi connectivity index (χ3v) is 3.75. The molecule has 0 atom stereocenters. The highest BCUT2D eigenvalue weighted by Gasteiger charge is 2.14. The number of hydroxylamine groups is 2. The largest absolute Gasteiger partial charge is 0.299 e. The average Bonchev–Trinajstić information content (AvgIpc) is 2.65. The Kier molecular flexibility index (Phi) is 2.80. The van der Waals surface area contributed by atoms with Gasteiger partial charge in [-0.3, -0.25) is 4.84 Å². The van der Waals surface area contributed by atoms with E-state index in [4.69, 9.17) is 4.84 Å². The Labute approximate surface area is 84.2 Å². The highest BCUT2D eigenvalue weighted by molar-refractivity contribution is 9.10. The highest BCUT2D eigenvalue weighted by atomic mass is 79.9. The molecule has 0 radical (unpaired) electrons.